The van der Waals surface area contributed by atoms with Gasteiger partial charge >= 0.3 is 6.18 Å². The van der Waals surface area contributed by atoms with E-state index in [2.05, 4.69) is 0 Å². The van der Waals surface area contributed by atoms with E-state index >= 15 is 0 Å². The summed E-state index contributed by atoms with van der Waals surface area (Å²) in [5.74, 6) is 0. The third-order valence-corrected chi connectivity index (χ3v) is 3.05. The van der Waals surface area contributed by atoms with Crippen LogP contribution in [0.2, 0.25) is 5.02 Å². The van der Waals surface area contributed by atoms with E-state index in [1.54, 1.807) is 18.2 Å². The lowest BCUT2D eigenvalue weighted by atomic mass is 10.1. The molecule has 6 heteroatoms. The first kappa shape index (κ1) is 12.3. The van der Waals surface area contributed by atoms with Gasteiger partial charge in [-0.25, -0.2) is 0 Å². The van der Waals surface area contributed by atoms with Gasteiger partial charge in [0.2, 0.25) is 0 Å². The summed E-state index contributed by atoms with van der Waals surface area (Å²) in [6.07, 6.45) is -4.44. The van der Waals surface area contributed by atoms with Crippen molar-refractivity contribution >= 4 is 22.5 Å². The SMILES string of the molecule is Cn1c(C(F)(F)F)c(CN)c2cccc(Cl)c21. The van der Waals surface area contributed by atoms with Crippen molar-refractivity contribution in [1.29, 1.82) is 0 Å². The first-order valence-corrected chi connectivity index (χ1v) is 5.28. The third-order valence-electron chi connectivity index (χ3n) is 2.74. The summed E-state index contributed by atoms with van der Waals surface area (Å²) < 4.78 is 39.9. The minimum Gasteiger partial charge on any atom is -0.339 e. The highest BCUT2D eigenvalue weighted by molar-refractivity contribution is 6.35. The first-order chi connectivity index (χ1) is 7.88. The summed E-state index contributed by atoms with van der Waals surface area (Å²) >= 11 is 5.93. The van der Waals surface area contributed by atoms with E-state index in [9.17, 15) is 13.2 Å². The predicted octanol–water partition coefficient (Wildman–Crippen LogP) is 3.31. The number of para-hydroxylation sites is 1. The largest absolute Gasteiger partial charge is 0.431 e. The quantitative estimate of drug-likeness (QED) is 0.840. The fraction of sp³-hybridized carbons (Fsp3) is 0.273. The number of nitrogens with two attached hydrogens (primary N) is 1. The van der Waals surface area contributed by atoms with Crippen molar-refractivity contribution in [2.45, 2.75) is 12.7 Å². The number of aryl methyl sites for hydroxylation is 1. The Hall–Kier alpha value is -1.20. The first-order valence-electron chi connectivity index (χ1n) is 4.91. The molecule has 0 radical (unpaired) electrons. The van der Waals surface area contributed by atoms with Gasteiger partial charge in [-0.2, -0.15) is 13.2 Å². The number of fused-ring (bicyclic) bond motifs is 1. The maximum atomic E-state index is 12.9. The van der Waals surface area contributed by atoms with Gasteiger partial charge in [-0.3, -0.25) is 0 Å². The topological polar surface area (TPSA) is 30.9 Å². The molecule has 0 unspecified atom stereocenters. The van der Waals surface area contributed by atoms with Crippen molar-refractivity contribution in [1.82, 2.24) is 4.57 Å². The number of nitrogens with zero attached hydrogens (tertiary/aromatic N) is 1. The van der Waals surface area contributed by atoms with Crippen LogP contribution in [0, 0.1) is 0 Å². The summed E-state index contributed by atoms with van der Waals surface area (Å²) in [4.78, 5) is 0. The summed E-state index contributed by atoms with van der Waals surface area (Å²) in [7, 11) is 1.34. The van der Waals surface area contributed by atoms with Crippen LogP contribution in [0.1, 0.15) is 11.3 Å². The third kappa shape index (κ3) is 1.79. The molecule has 2 nitrogen and oxygen atoms in total. The second-order valence-corrected chi connectivity index (χ2v) is 4.13. The van der Waals surface area contributed by atoms with Crippen LogP contribution in [0.3, 0.4) is 0 Å². The van der Waals surface area contributed by atoms with Crippen LogP contribution in [0.15, 0.2) is 18.2 Å². The maximum Gasteiger partial charge on any atom is 0.431 e. The van der Waals surface area contributed by atoms with Crippen LogP contribution >= 0.6 is 11.6 Å². The van der Waals surface area contributed by atoms with Gasteiger partial charge in [-0.05, 0) is 6.07 Å². The Morgan fingerprint density at radius 2 is 2.00 bits per heavy atom. The fourth-order valence-corrected chi connectivity index (χ4v) is 2.41. The zero-order chi connectivity index (χ0) is 12.8. The summed E-state index contributed by atoms with van der Waals surface area (Å²) in [5, 5.41) is 0.741. The zero-order valence-corrected chi connectivity index (χ0v) is 9.73. The number of halogens is 4. The molecule has 1 aromatic heterocycles. The Kier molecular flexibility index (Phi) is 2.83. The van der Waals surface area contributed by atoms with Crippen molar-refractivity contribution < 1.29 is 13.2 Å². The van der Waals surface area contributed by atoms with Crippen LogP contribution in [0.25, 0.3) is 10.9 Å². The van der Waals surface area contributed by atoms with Gasteiger partial charge in [0.05, 0.1) is 10.5 Å². The second-order valence-electron chi connectivity index (χ2n) is 3.72. The molecule has 0 aliphatic heterocycles. The molecule has 17 heavy (non-hydrogen) atoms. The molecule has 0 aliphatic carbocycles. The molecule has 1 heterocycles. The summed E-state index contributed by atoms with van der Waals surface area (Å²) in [5.41, 5.74) is 5.13. The Balaban J connectivity index is 2.94. The molecule has 92 valence electrons. The van der Waals surface area contributed by atoms with Gasteiger partial charge < -0.3 is 10.3 Å². The molecule has 2 aromatic rings. The number of aromatic nitrogens is 1. The number of hydrogen-bond acceptors (Lipinski definition) is 1. The molecule has 2 N–H and O–H groups in total. The van der Waals surface area contributed by atoms with E-state index in [0.717, 1.165) is 4.57 Å². The predicted molar refractivity (Wildman–Crippen MR) is 60.8 cm³/mol. The van der Waals surface area contributed by atoms with Crippen LogP contribution in [0.4, 0.5) is 13.2 Å². The standard InChI is InChI=1S/C11H10ClF3N2/c1-17-9-6(3-2-4-8(9)12)7(5-16)10(17)11(13,14)15/h2-4H,5,16H2,1H3. The van der Waals surface area contributed by atoms with Gasteiger partial charge in [-0.1, -0.05) is 23.7 Å². The van der Waals surface area contributed by atoms with Crippen molar-refractivity contribution in [3.8, 4) is 0 Å². The average Bonchev–Trinajstić information content (AvgIpc) is 2.52. The van der Waals surface area contributed by atoms with Crippen LogP contribution in [0.5, 0.6) is 0 Å². The fourth-order valence-electron chi connectivity index (χ4n) is 2.11. The Morgan fingerprint density at radius 1 is 1.35 bits per heavy atom. The molecule has 1 aromatic carbocycles. The normalized spacial score (nSPS) is 12.4. The van der Waals surface area contributed by atoms with E-state index in [1.807, 2.05) is 0 Å². The summed E-state index contributed by atoms with van der Waals surface area (Å²) in [6, 6.07) is 4.77. The molecular weight excluding hydrogens is 253 g/mol. The zero-order valence-electron chi connectivity index (χ0n) is 8.98. The minimum absolute atomic E-state index is 0.0810. The van der Waals surface area contributed by atoms with Crippen LogP contribution in [-0.2, 0) is 19.8 Å². The molecule has 0 fully saturated rings. The highest BCUT2D eigenvalue weighted by Crippen LogP contribution is 2.39. The molecule has 0 spiro atoms. The number of benzene rings is 1. The second kappa shape index (κ2) is 3.92. The lowest BCUT2D eigenvalue weighted by Gasteiger charge is -2.10. The highest BCUT2D eigenvalue weighted by atomic mass is 35.5. The molecule has 0 saturated carbocycles. The monoisotopic (exact) mass is 262 g/mol. The maximum absolute atomic E-state index is 12.9. The Labute approximate surface area is 101 Å². The van der Waals surface area contributed by atoms with Gasteiger partial charge in [0.1, 0.15) is 5.69 Å². The molecular formula is C11H10ClF3N2. The number of alkyl halides is 3. The van der Waals surface area contributed by atoms with Gasteiger partial charge in [0, 0.05) is 24.5 Å². The van der Waals surface area contributed by atoms with Gasteiger partial charge in [0.25, 0.3) is 0 Å². The van der Waals surface area contributed by atoms with Gasteiger partial charge in [0.15, 0.2) is 0 Å². The molecule has 2 rings (SSSR count). The summed E-state index contributed by atoms with van der Waals surface area (Å²) in [6.45, 7) is -0.174. The molecule has 0 atom stereocenters. The number of hydrogen-bond donors (Lipinski definition) is 1. The van der Waals surface area contributed by atoms with Crippen molar-refractivity contribution in [2.75, 3.05) is 0 Å². The lowest BCUT2D eigenvalue weighted by molar-refractivity contribution is -0.143. The van der Waals surface area contributed by atoms with E-state index in [0.29, 0.717) is 10.9 Å². The Morgan fingerprint density at radius 3 is 2.53 bits per heavy atom. The molecule has 0 aliphatic rings. The molecule has 0 saturated heterocycles. The lowest BCUT2D eigenvalue weighted by Crippen LogP contribution is -2.15. The van der Waals surface area contributed by atoms with E-state index in [1.165, 1.54) is 7.05 Å². The molecule has 0 bridgehead atoms. The van der Waals surface area contributed by atoms with E-state index < -0.39 is 11.9 Å². The van der Waals surface area contributed by atoms with Crippen molar-refractivity contribution in [2.24, 2.45) is 12.8 Å². The van der Waals surface area contributed by atoms with Crippen molar-refractivity contribution in [3.63, 3.8) is 0 Å². The van der Waals surface area contributed by atoms with Crippen LogP contribution in [-0.4, -0.2) is 4.57 Å². The Bertz CT molecular complexity index is 572. The van der Waals surface area contributed by atoms with Gasteiger partial charge in [-0.15, -0.1) is 0 Å². The minimum atomic E-state index is -4.44. The highest BCUT2D eigenvalue weighted by Gasteiger charge is 2.38. The average molecular weight is 263 g/mol. The smallest absolute Gasteiger partial charge is 0.339 e. The van der Waals surface area contributed by atoms with Crippen molar-refractivity contribution in [3.05, 3.63) is 34.5 Å². The van der Waals surface area contributed by atoms with E-state index in [-0.39, 0.29) is 17.1 Å². The molecule has 0 amide bonds. The number of rotatable bonds is 1. The van der Waals surface area contributed by atoms with E-state index in [4.69, 9.17) is 17.3 Å². The van der Waals surface area contributed by atoms with Crippen LogP contribution < -0.4 is 5.73 Å².